The van der Waals surface area contributed by atoms with Gasteiger partial charge in [0.25, 0.3) is 0 Å². The number of piperidine rings is 1. The van der Waals surface area contributed by atoms with Crippen molar-refractivity contribution < 1.29 is 21.8 Å². The van der Waals surface area contributed by atoms with E-state index in [4.69, 9.17) is 4.74 Å². The summed E-state index contributed by atoms with van der Waals surface area (Å²) < 4.78 is 58.9. The lowest BCUT2D eigenvalue weighted by Crippen LogP contribution is -2.33. The van der Waals surface area contributed by atoms with Gasteiger partial charge >= 0.3 is 6.18 Å². The fourth-order valence-corrected chi connectivity index (χ4v) is 4.40. The molecule has 32 heavy (non-hydrogen) atoms. The molecule has 0 unspecified atom stereocenters. The predicted molar refractivity (Wildman–Crippen MR) is 114 cm³/mol. The zero-order valence-electron chi connectivity index (χ0n) is 17.5. The van der Waals surface area contributed by atoms with Crippen LogP contribution in [0, 0.1) is 0 Å². The number of aromatic nitrogens is 4. The zero-order valence-corrected chi connectivity index (χ0v) is 18.3. The number of likely N-dealkylation sites (tertiary alicyclic amines) is 1. The van der Waals surface area contributed by atoms with Crippen LogP contribution in [0.1, 0.15) is 35.8 Å². The number of nitrogens with zero attached hydrogens (tertiary/aromatic N) is 5. The SMILES string of the molecule is COc1cc(C(F)(F)F)cnc1C1CCN(Cc2nc3ncccc3n2CCSF)CC1. The van der Waals surface area contributed by atoms with Gasteiger partial charge in [0.1, 0.15) is 11.6 Å². The van der Waals surface area contributed by atoms with E-state index >= 15 is 0 Å². The van der Waals surface area contributed by atoms with Gasteiger partial charge in [0.2, 0.25) is 0 Å². The minimum Gasteiger partial charge on any atom is -0.495 e. The van der Waals surface area contributed by atoms with Crippen LogP contribution in [0.2, 0.25) is 0 Å². The number of halogens is 4. The molecule has 1 aliphatic heterocycles. The Bertz CT molecular complexity index is 1070. The summed E-state index contributed by atoms with van der Waals surface area (Å²) in [5, 5.41) is 0. The third-order valence-corrected chi connectivity index (χ3v) is 6.10. The van der Waals surface area contributed by atoms with Gasteiger partial charge in [-0.2, -0.15) is 17.1 Å². The first-order chi connectivity index (χ1) is 15.4. The Balaban J connectivity index is 1.46. The van der Waals surface area contributed by atoms with E-state index in [9.17, 15) is 17.1 Å². The molecule has 0 spiro atoms. The highest BCUT2D eigenvalue weighted by molar-refractivity contribution is 7.94. The van der Waals surface area contributed by atoms with Crippen molar-refractivity contribution in [3.8, 4) is 5.75 Å². The molecule has 0 aliphatic carbocycles. The van der Waals surface area contributed by atoms with Gasteiger partial charge in [-0.1, -0.05) is 0 Å². The smallest absolute Gasteiger partial charge is 0.418 e. The highest BCUT2D eigenvalue weighted by Crippen LogP contribution is 2.37. The second-order valence-corrected chi connectivity index (χ2v) is 8.33. The van der Waals surface area contributed by atoms with Gasteiger partial charge in [-0.05, 0) is 44.1 Å². The maximum absolute atomic E-state index is 13.0. The molecule has 0 radical (unpaired) electrons. The van der Waals surface area contributed by atoms with Crippen molar-refractivity contribution in [1.29, 1.82) is 0 Å². The number of imidazole rings is 1. The van der Waals surface area contributed by atoms with Gasteiger partial charge in [-0.3, -0.25) is 9.88 Å². The van der Waals surface area contributed by atoms with Crippen molar-refractivity contribution >= 4 is 23.3 Å². The largest absolute Gasteiger partial charge is 0.495 e. The van der Waals surface area contributed by atoms with Crippen molar-refractivity contribution in [2.24, 2.45) is 0 Å². The highest BCUT2D eigenvalue weighted by Gasteiger charge is 2.33. The van der Waals surface area contributed by atoms with Crippen LogP contribution in [0.3, 0.4) is 0 Å². The van der Waals surface area contributed by atoms with E-state index in [1.165, 1.54) is 7.11 Å². The van der Waals surface area contributed by atoms with Crippen LogP contribution in [0.4, 0.5) is 17.1 Å². The summed E-state index contributed by atoms with van der Waals surface area (Å²) in [5.41, 5.74) is 1.27. The Morgan fingerprint density at radius 1 is 1.22 bits per heavy atom. The van der Waals surface area contributed by atoms with E-state index in [1.54, 1.807) is 6.20 Å². The summed E-state index contributed by atoms with van der Waals surface area (Å²) in [6.07, 6.45) is -0.407. The molecule has 3 aromatic heterocycles. The molecule has 4 heterocycles. The summed E-state index contributed by atoms with van der Waals surface area (Å²) in [5.74, 6) is 1.35. The van der Waals surface area contributed by atoms with Gasteiger partial charge in [-0.25, -0.2) is 9.97 Å². The first-order valence-electron chi connectivity index (χ1n) is 10.3. The molecule has 0 amide bonds. The molecular weight excluding hydrogens is 446 g/mol. The molecule has 0 aromatic carbocycles. The van der Waals surface area contributed by atoms with E-state index in [0.29, 0.717) is 42.3 Å². The molecule has 0 bridgehead atoms. The molecule has 0 saturated carbocycles. The van der Waals surface area contributed by atoms with Gasteiger partial charge < -0.3 is 9.30 Å². The normalized spacial score (nSPS) is 16.0. The van der Waals surface area contributed by atoms with Crippen molar-refractivity contribution in [2.45, 2.75) is 38.0 Å². The van der Waals surface area contributed by atoms with Crippen molar-refractivity contribution in [3.05, 3.63) is 47.7 Å². The minimum absolute atomic E-state index is 0.0203. The lowest BCUT2D eigenvalue weighted by molar-refractivity contribution is -0.138. The van der Waals surface area contributed by atoms with Crippen LogP contribution < -0.4 is 4.74 Å². The van der Waals surface area contributed by atoms with Crippen LogP contribution >= 0.6 is 12.1 Å². The number of methoxy groups -OCH3 is 1. The van der Waals surface area contributed by atoms with Gasteiger partial charge in [0.15, 0.2) is 5.65 Å². The number of rotatable bonds is 7. The lowest BCUT2D eigenvalue weighted by Gasteiger charge is -2.32. The van der Waals surface area contributed by atoms with E-state index in [1.807, 2.05) is 16.7 Å². The first kappa shape index (κ1) is 22.8. The summed E-state index contributed by atoms with van der Waals surface area (Å²) >= 11 is 0.295. The number of pyridine rings is 2. The molecule has 0 atom stereocenters. The molecule has 0 N–H and O–H groups in total. The first-order valence-corrected chi connectivity index (χ1v) is 11.2. The fraction of sp³-hybridized carbons (Fsp3) is 0.476. The number of alkyl halides is 3. The Labute approximate surface area is 187 Å². The van der Waals surface area contributed by atoms with E-state index in [2.05, 4.69) is 19.9 Å². The predicted octanol–water partition coefficient (Wildman–Crippen LogP) is 4.85. The molecule has 4 rings (SSSR count). The number of fused-ring (bicyclic) bond motifs is 1. The number of ether oxygens (including phenoxy) is 1. The van der Waals surface area contributed by atoms with Crippen LogP contribution in [0.25, 0.3) is 11.2 Å². The average molecular weight is 470 g/mol. The minimum atomic E-state index is -4.46. The monoisotopic (exact) mass is 469 g/mol. The summed E-state index contributed by atoms with van der Waals surface area (Å²) in [7, 11) is 1.37. The third-order valence-electron chi connectivity index (χ3n) is 5.76. The van der Waals surface area contributed by atoms with Crippen LogP contribution in [0.15, 0.2) is 30.6 Å². The molecule has 172 valence electrons. The maximum Gasteiger partial charge on any atom is 0.418 e. The second-order valence-electron chi connectivity index (χ2n) is 7.70. The summed E-state index contributed by atoms with van der Waals surface area (Å²) in [6, 6.07) is 4.78. The fourth-order valence-electron chi connectivity index (χ4n) is 4.15. The van der Waals surface area contributed by atoms with Gasteiger partial charge in [0.05, 0.1) is 30.4 Å². The summed E-state index contributed by atoms with van der Waals surface area (Å²) in [6.45, 7) is 2.58. The van der Waals surface area contributed by atoms with E-state index in [0.717, 1.165) is 49.5 Å². The highest BCUT2D eigenvalue weighted by atomic mass is 32.2. The van der Waals surface area contributed by atoms with E-state index in [-0.39, 0.29) is 11.7 Å². The Morgan fingerprint density at radius 2 is 2.00 bits per heavy atom. The van der Waals surface area contributed by atoms with Crippen molar-refractivity contribution in [3.63, 3.8) is 0 Å². The molecule has 11 heteroatoms. The summed E-state index contributed by atoms with van der Waals surface area (Å²) in [4.78, 5) is 15.3. The topological polar surface area (TPSA) is 56.1 Å². The number of hydrogen-bond acceptors (Lipinski definition) is 6. The van der Waals surface area contributed by atoms with Crippen LogP contribution in [-0.4, -0.2) is 50.4 Å². The quantitative estimate of drug-likeness (QED) is 0.461. The molecule has 1 aliphatic rings. The van der Waals surface area contributed by atoms with Crippen molar-refractivity contribution in [1.82, 2.24) is 24.4 Å². The van der Waals surface area contributed by atoms with Crippen LogP contribution in [-0.2, 0) is 19.3 Å². The van der Waals surface area contributed by atoms with Crippen LogP contribution in [0.5, 0.6) is 5.75 Å². The number of hydrogen-bond donors (Lipinski definition) is 0. The Hall–Kier alpha value is -2.40. The Kier molecular flexibility index (Phi) is 6.85. The van der Waals surface area contributed by atoms with Crippen molar-refractivity contribution in [2.75, 3.05) is 26.0 Å². The molecular formula is C21H23F4N5OS. The van der Waals surface area contributed by atoms with E-state index < -0.39 is 11.7 Å². The standard InChI is InChI=1S/C21H23F4N5OS/c1-31-17-11-15(21(22,23)24)12-27-19(17)14-4-7-29(8-5-14)13-18-28-20-16(3-2-6-26-20)30(18)9-10-32-25/h2-3,6,11-12,14H,4-5,7-10,13H2,1H3. The second kappa shape index (κ2) is 9.62. The lowest BCUT2D eigenvalue weighted by atomic mass is 9.92. The third kappa shape index (κ3) is 4.83. The molecule has 1 fully saturated rings. The maximum atomic E-state index is 13.0. The number of aryl methyl sites for hydroxylation is 1. The van der Waals surface area contributed by atoms with Gasteiger partial charge in [-0.15, -0.1) is 0 Å². The Morgan fingerprint density at radius 3 is 2.69 bits per heavy atom. The van der Waals surface area contributed by atoms with Gasteiger partial charge in [0, 0.05) is 42.8 Å². The molecule has 3 aromatic rings. The molecule has 6 nitrogen and oxygen atoms in total. The average Bonchev–Trinajstić information content (AvgIpc) is 3.14. The zero-order chi connectivity index (χ0) is 22.7. The molecule has 1 saturated heterocycles.